The SMILES string of the molecule is CSC1(CNCC(=O)O)CCC1. The Labute approximate surface area is 76.9 Å². The summed E-state index contributed by atoms with van der Waals surface area (Å²) in [5.41, 5.74) is 0. The molecule has 1 aliphatic carbocycles. The van der Waals surface area contributed by atoms with Gasteiger partial charge < -0.3 is 10.4 Å². The Morgan fingerprint density at radius 1 is 1.67 bits per heavy atom. The van der Waals surface area contributed by atoms with Gasteiger partial charge in [-0.25, -0.2) is 0 Å². The van der Waals surface area contributed by atoms with Crippen molar-refractivity contribution in [3.8, 4) is 0 Å². The molecule has 70 valence electrons. The zero-order valence-corrected chi connectivity index (χ0v) is 8.12. The molecule has 12 heavy (non-hydrogen) atoms. The first-order valence-corrected chi connectivity index (χ1v) is 5.39. The molecule has 0 saturated heterocycles. The van der Waals surface area contributed by atoms with Crippen molar-refractivity contribution in [2.45, 2.75) is 24.0 Å². The van der Waals surface area contributed by atoms with E-state index in [9.17, 15) is 4.79 Å². The van der Waals surface area contributed by atoms with Gasteiger partial charge >= 0.3 is 5.97 Å². The molecule has 0 aromatic rings. The third-order valence-electron chi connectivity index (χ3n) is 2.42. The smallest absolute Gasteiger partial charge is 0.317 e. The molecule has 0 unspecified atom stereocenters. The first-order chi connectivity index (χ1) is 5.68. The van der Waals surface area contributed by atoms with Crippen LogP contribution in [0.2, 0.25) is 0 Å². The van der Waals surface area contributed by atoms with Crippen LogP contribution >= 0.6 is 11.8 Å². The predicted molar refractivity (Wildman–Crippen MR) is 50.6 cm³/mol. The van der Waals surface area contributed by atoms with Gasteiger partial charge in [0.2, 0.25) is 0 Å². The van der Waals surface area contributed by atoms with Crippen molar-refractivity contribution in [2.24, 2.45) is 0 Å². The topological polar surface area (TPSA) is 49.3 Å². The quantitative estimate of drug-likeness (QED) is 0.676. The molecule has 0 aromatic heterocycles. The van der Waals surface area contributed by atoms with Gasteiger partial charge in [-0.1, -0.05) is 6.42 Å². The van der Waals surface area contributed by atoms with Crippen LogP contribution in [0.3, 0.4) is 0 Å². The molecule has 2 N–H and O–H groups in total. The van der Waals surface area contributed by atoms with E-state index in [1.165, 1.54) is 19.3 Å². The zero-order chi connectivity index (χ0) is 9.03. The lowest BCUT2D eigenvalue weighted by atomic mass is 9.84. The maximum atomic E-state index is 10.2. The normalized spacial score (nSPS) is 20.1. The molecule has 4 heteroatoms. The minimum atomic E-state index is -0.773. The second-order valence-corrected chi connectivity index (χ2v) is 4.51. The van der Waals surface area contributed by atoms with Crippen LogP contribution in [0, 0.1) is 0 Å². The first-order valence-electron chi connectivity index (χ1n) is 4.16. The fourth-order valence-electron chi connectivity index (χ4n) is 1.42. The largest absolute Gasteiger partial charge is 0.480 e. The predicted octanol–water partition coefficient (Wildman–Crippen LogP) is 0.946. The summed E-state index contributed by atoms with van der Waals surface area (Å²) in [5, 5.41) is 11.4. The standard InChI is InChI=1S/C8H15NO2S/c1-12-8(3-2-4-8)6-9-5-7(10)11/h9H,2-6H2,1H3,(H,10,11). The van der Waals surface area contributed by atoms with Crippen LogP contribution in [-0.4, -0.2) is 35.2 Å². The van der Waals surface area contributed by atoms with Crippen LogP contribution in [0.25, 0.3) is 0 Å². The summed E-state index contributed by atoms with van der Waals surface area (Å²) in [4.78, 5) is 10.2. The van der Waals surface area contributed by atoms with Gasteiger partial charge in [0, 0.05) is 11.3 Å². The van der Waals surface area contributed by atoms with Crippen molar-refractivity contribution in [2.75, 3.05) is 19.3 Å². The highest BCUT2D eigenvalue weighted by molar-refractivity contribution is 8.00. The minimum Gasteiger partial charge on any atom is -0.480 e. The molecule has 1 rings (SSSR count). The summed E-state index contributed by atoms with van der Waals surface area (Å²) in [6, 6.07) is 0. The third-order valence-corrected chi connectivity index (χ3v) is 3.84. The second kappa shape index (κ2) is 4.14. The molecule has 0 atom stereocenters. The van der Waals surface area contributed by atoms with E-state index in [0.717, 1.165) is 6.54 Å². The number of hydrogen-bond acceptors (Lipinski definition) is 3. The number of rotatable bonds is 5. The monoisotopic (exact) mass is 189 g/mol. The lowest BCUT2D eigenvalue weighted by molar-refractivity contribution is -0.136. The summed E-state index contributed by atoms with van der Waals surface area (Å²) in [6.07, 6.45) is 5.83. The minimum absolute atomic E-state index is 0.0856. The van der Waals surface area contributed by atoms with Crippen molar-refractivity contribution >= 4 is 17.7 Å². The van der Waals surface area contributed by atoms with Gasteiger partial charge in [-0.3, -0.25) is 4.79 Å². The molecule has 0 heterocycles. The molecule has 1 saturated carbocycles. The van der Waals surface area contributed by atoms with E-state index in [1.54, 1.807) is 0 Å². The molecular weight excluding hydrogens is 174 g/mol. The highest BCUT2D eigenvalue weighted by atomic mass is 32.2. The molecule has 1 aliphatic rings. The van der Waals surface area contributed by atoms with E-state index in [-0.39, 0.29) is 6.54 Å². The van der Waals surface area contributed by atoms with Crippen LogP contribution < -0.4 is 5.32 Å². The van der Waals surface area contributed by atoms with E-state index in [1.807, 2.05) is 11.8 Å². The average Bonchev–Trinajstić information content (AvgIpc) is 1.94. The summed E-state index contributed by atoms with van der Waals surface area (Å²) in [7, 11) is 0. The van der Waals surface area contributed by atoms with Gasteiger partial charge in [0.05, 0.1) is 6.54 Å². The Morgan fingerprint density at radius 2 is 2.33 bits per heavy atom. The fraction of sp³-hybridized carbons (Fsp3) is 0.875. The van der Waals surface area contributed by atoms with E-state index < -0.39 is 5.97 Å². The first kappa shape index (κ1) is 9.86. The van der Waals surface area contributed by atoms with Crippen molar-refractivity contribution in [1.82, 2.24) is 5.32 Å². The summed E-state index contributed by atoms with van der Waals surface area (Å²) < 4.78 is 0.343. The van der Waals surface area contributed by atoms with Crippen molar-refractivity contribution in [1.29, 1.82) is 0 Å². The Bertz CT molecular complexity index is 163. The fourth-order valence-corrected chi connectivity index (χ4v) is 2.36. The van der Waals surface area contributed by atoms with Crippen molar-refractivity contribution in [3.63, 3.8) is 0 Å². The van der Waals surface area contributed by atoms with Crippen LogP contribution in [0.1, 0.15) is 19.3 Å². The van der Waals surface area contributed by atoms with Crippen molar-refractivity contribution < 1.29 is 9.90 Å². The highest BCUT2D eigenvalue weighted by Crippen LogP contribution is 2.41. The van der Waals surface area contributed by atoms with Crippen LogP contribution in [0.15, 0.2) is 0 Å². The van der Waals surface area contributed by atoms with Crippen LogP contribution in [0.4, 0.5) is 0 Å². The number of carboxylic acid groups (broad SMARTS) is 1. The molecule has 1 fully saturated rings. The van der Waals surface area contributed by atoms with Crippen LogP contribution in [-0.2, 0) is 4.79 Å². The molecule has 0 spiro atoms. The number of carbonyl (C=O) groups is 1. The second-order valence-electron chi connectivity index (χ2n) is 3.24. The summed E-state index contributed by atoms with van der Waals surface area (Å²) >= 11 is 1.86. The highest BCUT2D eigenvalue weighted by Gasteiger charge is 2.35. The number of carboxylic acids is 1. The molecule has 0 radical (unpaired) electrons. The van der Waals surface area contributed by atoms with Gasteiger partial charge in [0.15, 0.2) is 0 Å². The molecule has 0 amide bonds. The molecule has 0 bridgehead atoms. The Morgan fingerprint density at radius 3 is 2.67 bits per heavy atom. The Hall–Kier alpha value is -0.220. The number of nitrogens with one attached hydrogen (secondary N) is 1. The van der Waals surface area contributed by atoms with Gasteiger partial charge in [-0.2, -0.15) is 11.8 Å². The number of thioether (sulfide) groups is 1. The van der Waals surface area contributed by atoms with Crippen LogP contribution in [0.5, 0.6) is 0 Å². The van der Waals surface area contributed by atoms with E-state index in [0.29, 0.717) is 4.75 Å². The maximum absolute atomic E-state index is 10.2. The van der Waals surface area contributed by atoms with E-state index in [2.05, 4.69) is 11.6 Å². The lowest BCUT2D eigenvalue weighted by Gasteiger charge is -2.40. The Balaban J connectivity index is 2.16. The van der Waals surface area contributed by atoms with Crippen molar-refractivity contribution in [3.05, 3.63) is 0 Å². The van der Waals surface area contributed by atoms with E-state index >= 15 is 0 Å². The van der Waals surface area contributed by atoms with E-state index in [4.69, 9.17) is 5.11 Å². The molecular formula is C8H15NO2S. The third kappa shape index (κ3) is 2.38. The van der Waals surface area contributed by atoms with Gasteiger partial charge in [-0.05, 0) is 19.1 Å². The average molecular weight is 189 g/mol. The summed E-state index contributed by atoms with van der Waals surface area (Å²) in [6.45, 7) is 0.919. The number of aliphatic carboxylic acids is 1. The molecule has 3 nitrogen and oxygen atoms in total. The number of hydrogen-bond donors (Lipinski definition) is 2. The summed E-state index contributed by atoms with van der Waals surface area (Å²) in [5.74, 6) is -0.773. The van der Waals surface area contributed by atoms with Gasteiger partial charge in [0.25, 0.3) is 0 Å². The van der Waals surface area contributed by atoms with Gasteiger partial charge in [-0.15, -0.1) is 0 Å². The molecule has 0 aliphatic heterocycles. The van der Waals surface area contributed by atoms with Gasteiger partial charge in [0.1, 0.15) is 0 Å². The Kier molecular flexibility index (Phi) is 3.40. The zero-order valence-electron chi connectivity index (χ0n) is 7.30. The molecule has 0 aromatic carbocycles. The lowest BCUT2D eigenvalue weighted by Crippen LogP contribution is -2.44. The maximum Gasteiger partial charge on any atom is 0.317 e.